The van der Waals surface area contributed by atoms with Gasteiger partial charge in [0.1, 0.15) is 5.00 Å². The van der Waals surface area contributed by atoms with Gasteiger partial charge in [0.2, 0.25) is 5.91 Å². The summed E-state index contributed by atoms with van der Waals surface area (Å²) in [7, 11) is 1.56. The van der Waals surface area contributed by atoms with E-state index in [-0.39, 0.29) is 40.3 Å². The minimum absolute atomic E-state index is 0.0556. The van der Waals surface area contributed by atoms with Gasteiger partial charge in [0, 0.05) is 17.9 Å². The number of carbonyl (C=O) groups excluding carboxylic acids is 3. The SMILES string of the molecule is CCOC(=O)c1c(NC(=O)CCSc2c([O-])on[n+]2C)sc(C(=O)Nc2ccccc2)c1C. The number of thioether (sulfide) groups is 1. The highest BCUT2D eigenvalue weighted by Crippen LogP contribution is 2.34. The van der Waals surface area contributed by atoms with E-state index >= 15 is 0 Å². The Hall–Kier alpha value is -3.38. The third-order valence-corrected chi connectivity index (χ3v) is 6.72. The Morgan fingerprint density at radius 3 is 2.61 bits per heavy atom. The van der Waals surface area contributed by atoms with Gasteiger partial charge in [-0.05, 0) is 31.5 Å². The van der Waals surface area contributed by atoms with E-state index in [2.05, 4.69) is 20.4 Å². The summed E-state index contributed by atoms with van der Waals surface area (Å²) in [5, 5.41) is 21.1. The second kappa shape index (κ2) is 11.0. The molecule has 2 N–H and O–H groups in total. The molecule has 0 aliphatic heterocycles. The lowest BCUT2D eigenvalue weighted by molar-refractivity contribution is -0.772. The van der Waals surface area contributed by atoms with Crippen molar-refractivity contribution in [2.45, 2.75) is 25.3 Å². The van der Waals surface area contributed by atoms with Crippen molar-refractivity contribution in [3.05, 3.63) is 46.3 Å². The van der Waals surface area contributed by atoms with Crippen molar-refractivity contribution in [1.29, 1.82) is 0 Å². The van der Waals surface area contributed by atoms with Gasteiger partial charge in [-0.3, -0.25) is 9.59 Å². The number of carbonyl (C=O) groups is 3. The Bertz CT molecular complexity index is 1140. The van der Waals surface area contributed by atoms with Gasteiger partial charge in [-0.1, -0.05) is 34.6 Å². The van der Waals surface area contributed by atoms with Gasteiger partial charge in [0.05, 0.1) is 22.3 Å². The molecule has 0 spiro atoms. The van der Waals surface area contributed by atoms with Crippen molar-refractivity contribution in [2.24, 2.45) is 7.05 Å². The van der Waals surface area contributed by atoms with Crippen LogP contribution < -0.4 is 20.4 Å². The van der Waals surface area contributed by atoms with Crippen molar-refractivity contribution in [3.63, 3.8) is 0 Å². The number of hydrogen-bond acceptors (Lipinski definition) is 9. The fourth-order valence-electron chi connectivity index (χ4n) is 2.86. The number of ether oxygens (including phenoxy) is 1. The predicted octanol–water partition coefficient (Wildman–Crippen LogP) is 2.49. The number of esters is 1. The topological polar surface area (TPSA) is 137 Å². The summed E-state index contributed by atoms with van der Waals surface area (Å²) < 4.78 is 11.0. The Morgan fingerprint density at radius 2 is 1.97 bits per heavy atom. The molecule has 0 fully saturated rings. The third kappa shape index (κ3) is 5.90. The Kier molecular flexibility index (Phi) is 8.06. The largest absolute Gasteiger partial charge is 0.538 e. The first-order chi connectivity index (χ1) is 15.8. The van der Waals surface area contributed by atoms with E-state index in [4.69, 9.17) is 4.74 Å². The monoisotopic (exact) mass is 490 g/mol. The molecule has 0 saturated carbocycles. The molecule has 10 nitrogen and oxygen atoms in total. The van der Waals surface area contributed by atoms with E-state index in [9.17, 15) is 19.5 Å². The van der Waals surface area contributed by atoms with Crippen molar-refractivity contribution in [2.75, 3.05) is 23.0 Å². The molecule has 0 unspecified atom stereocenters. The van der Waals surface area contributed by atoms with Crippen molar-refractivity contribution >= 4 is 51.6 Å². The van der Waals surface area contributed by atoms with Gasteiger partial charge < -0.3 is 25.0 Å². The third-order valence-electron chi connectivity index (χ3n) is 4.40. The molecule has 0 atom stereocenters. The lowest BCUT2D eigenvalue weighted by Crippen LogP contribution is -2.32. The lowest BCUT2D eigenvalue weighted by Gasteiger charge is -2.07. The molecule has 2 heterocycles. The number of para-hydroxylation sites is 1. The second-order valence-corrected chi connectivity index (χ2v) is 8.84. The summed E-state index contributed by atoms with van der Waals surface area (Å²) in [4.78, 5) is 38.2. The van der Waals surface area contributed by atoms with Crippen LogP contribution in [0.25, 0.3) is 0 Å². The zero-order chi connectivity index (χ0) is 24.0. The zero-order valence-electron chi connectivity index (χ0n) is 18.2. The average Bonchev–Trinajstić information content (AvgIpc) is 3.27. The fourth-order valence-corrected chi connectivity index (χ4v) is 4.83. The molecule has 3 rings (SSSR count). The maximum Gasteiger partial charge on any atom is 0.341 e. The van der Waals surface area contributed by atoms with Gasteiger partial charge in [0.25, 0.3) is 10.9 Å². The minimum atomic E-state index is -0.623. The van der Waals surface area contributed by atoms with Gasteiger partial charge in [0.15, 0.2) is 13.0 Å². The second-order valence-electron chi connectivity index (χ2n) is 6.74. The molecule has 0 bridgehead atoms. The molecule has 0 radical (unpaired) electrons. The molecule has 0 saturated heterocycles. The molecular formula is C21H22N4O6S2. The van der Waals surface area contributed by atoms with Crippen molar-refractivity contribution in [1.82, 2.24) is 5.27 Å². The molecule has 0 aliphatic carbocycles. The summed E-state index contributed by atoms with van der Waals surface area (Å²) in [5.41, 5.74) is 1.17. The van der Waals surface area contributed by atoms with Crippen LogP contribution in [0.4, 0.5) is 10.7 Å². The lowest BCUT2D eigenvalue weighted by atomic mass is 10.1. The van der Waals surface area contributed by atoms with Gasteiger partial charge in [-0.25, -0.2) is 4.79 Å². The number of nitrogens with one attached hydrogen (secondary N) is 2. The molecule has 174 valence electrons. The summed E-state index contributed by atoms with van der Waals surface area (Å²) in [6, 6.07) is 8.91. The Morgan fingerprint density at radius 1 is 1.24 bits per heavy atom. The van der Waals surface area contributed by atoms with Crippen molar-refractivity contribution in [3.8, 4) is 5.95 Å². The number of rotatable bonds is 9. The number of thiophene rings is 1. The predicted molar refractivity (Wildman–Crippen MR) is 121 cm³/mol. The number of aryl methyl sites for hydroxylation is 1. The van der Waals surface area contributed by atoms with E-state index in [1.807, 2.05) is 6.07 Å². The minimum Gasteiger partial charge on any atom is -0.538 e. The van der Waals surface area contributed by atoms with E-state index in [1.165, 1.54) is 4.68 Å². The Labute approximate surface area is 197 Å². The maximum atomic E-state index is 12.8. The highest BCUT2D eigenvalue weighted by Gasteiger charge is 2.27. The molecular weight excluding hydrogens is 468 g/mol. The van der Waals surface area contributed by atoms with Crippen LogP contribution in [0.2, 0.25) is 0 Å². The number of benzene rings is 1. The molecule has 1 aromatic carbocycles. The summed E-state index contributed by atoms with van der Waals surface area (Å²) in [6.45, 7) is 3.46. The molecule has 2 amide bonds. The van der Waals surface area contributed by atoms with Crippen LogP contribution in [0.5, 0.6) is 5.95 Å². The standard InChI is InChI=1S/C21H22N4O6S2/c1-4-30-20(28)15-12(2)16(17(27)22-13-8-6-5-7-9-13)33-18(15)23-14(26)10-11-32-19-21(29)31-24-25(19)3/h5-9H,4,10-11H2,1-3H3,(H2-,22,23,24,26,27,28,29). The highest BCUT2D eigenvalue weighted by atomic mass is 32.2. The van der Waals surface area contributed by atoms with E-state index in [0.29, 0.717) is 16.1 Å². The van der Waals surface area contributed by atoms with Crippen LogP contribution in [-0.4, -0.2) is 35.4 Å². The van der Waals surface area contributed by atoms with E-state index in [0.717, 1.165) is 23.1 Å². The number of amides is 2. The molecule has 12 heteroatoms. The maximum absolute atomic E-state index is 12.8. The first kappa shape index (κ1) is 24.3. The number of aromatic nitrogens is 2. The Balaban J connectivity index is 1.75. The first-order valence-corrected chi connectivity index (χ1v) is 11.7. The summed E-state index contributed by atoms with van der Waals surface area (Å²) in [5.74, 6) is -1.68. The summed E-state index contributed by atoms with van der Waals surface area (Å²) >= 11 is 2.13. The highest BCUT2D eigenvalue weighted by molar-refractivity contribution is 7.99. The zero-order valence-corrected chi connectivity index (χ0v) is 19.8. The van der Waals surface area contributed by atoms with Crippen LogP contribution in [0.15, 0.2) is 39.9 Å². The smallest absolute Gasteiger partial charge is 0.341 e. The average molecular weight is 491 g/mol. The van der Waals surface area contributed by atoms with Crippen LogP contribution in [0.3, 0.4) is 0 Å². The van der Waals surface area contributed by atoms with Crippen molar-refractivity contribution < 1.29 is 33.4 Å². The number of hydrogen-bond donors (Lipinski definition) is 2. The van der Waals surface area contributed by atoms with Gasteiger partial charge in [-0.15, -0.1) is 11.3 Å². The van der Waals surface area contributed by atoms with Gasteiger partial charge >= 0.3 is 5.97 Å². The molecule has 0 aliphatic rings. The fraction of sp³-hybridized carbons (Fsp3) is 0.286. The summed E-state index contributed by atoms with van der Waals surface area (Å²) in [6.07, 6.45) is 0.0556. The first-order valence-electron chi connectivity index (χ1n) is 9.94. The van der Waals surface area contributed by atoms with Crippen LogP contribution in [0.1, 0.15) is 38.9 Å². The van der Waals surface area contributed by atoms with E-state index in [1.54, 1.807) is 45.2 Å². The molecule has 3 aromatic rings. The van der Waals surface area contributed by atoms with Crippen LogP contribution in [-0.2, 0) is 16.6 Å². The van der Waals surface area contributed by atoms with E-state index < -0.39 is 17.8 Å². The van der Waals surface area contributed by atoms with Crippen LogP contribution >= 0.6 is 23.1 Å². The van der Waals surface area contributed by atoms with Crippen LogP contribution in [0, 0.1) is 6.92 Å². The number of nitrogens with zero attached hydrogens (tertiary/aromatic N) is 2. The number of anilines is 2. The van der Waals surface area contributed by atoms with Gasteiger partial charge in [-0.2, -0.15) is 0 Å². The normalized spacial score (nSPS) is 10.6. The quantitative estimate of drug-likeness (QED) is 0.265. The molecule has 33 heavy (non-hydrogen) atoms. The molecule has 2 aromatic heterocycles.